The number of hydrogen-bond acceptors (Lipinski definition) is 8. The van der Waals surface area contributed by atoms with E-state index in [4.69, 9.17) is 21.1 Å². The number of carboxylic acid groups (broad SMARTS) is 2. The van der Waals surface area contributed by atoms with Crippen molar-refractivity contribution in [3.63, 3.8) is 0 Å². The van der Waals surface area contributed by atoms with Crippen LogP contribution in [0.4, 0.5) is 0 Å². The molecule has 0 aliphatic heterocycles. The van der Waals surface area contributed by atoms with Crippen LogP contribution < -0.4 is 21.7 Å². The molecule has 0 aliphatic carbocycles. The third-order valence-corrected chi connectivity index (χ3v) is 4.53. The Balaban J connectivity index is 5.46. The number of carbonyl (C=O) groups is 5. The fourth-order valence-corrected chi connectivity index (χ4v) is 2.31. The monoisotopic (exact) mass is 436 g/mol. The van der Waals surface area contributed by atoms with Gasteiger partial charge in [0.2, 0.25) is 17.7 Å². The van der Waals surface area contributed by atoms with Gasteiger partial charge in [-0.15, -0.1) is 0 Å². The molecule has 0 radical (unpaired) electrons. The molecule has 0 fully saturated rings. The third-order valence-electron chi connectivity index (χ3n) is 4.14. The molecule has 0 aromatic carbocycles. The van der Waals surface area contributed by atoms with Crippen molar-refractivity contribution < 1.29 is 39.3 Å². The van der Waals surface area contributed by atoms with Crippen molar-refractivity contribution in [1.82, 2.24) is 16.0 Å². The van der Waals surface area contributed by atoms with Crippen LogP contribution in [0.2, 0.25) is 0 Å². The number of nitrogens with one attached hydrogen (secondary N) is 3. The average Bonchev–Trinajstić information content (AvgIpc) is 2.66. The fraction of sp³-hybridized carbons (Fsp3) is 0.688. The zero-order valence-electron chi connectivity index (χ0n) is 16.1. The van der Waals surface area contributed by atoms with Gasteiger partial charge in [0, 0.05) is 5.75 Å². The minimum absolute atomic E-state index is 0.0302. The summed E-state index contributed by atoms with van der Waals surface area (Å²) < 4.78 is 0. The minimum atomic E-state index is -1.67. The van der Waals surface area contributed by atoms with Crippen molar-refractivity contribution in [1.29, 1.82) is 0 Å². The van der Waals surface area contributed by atoms with E-state index in [0.29, 0.717) is 6.42 Å². The van der Waals surface area contributed by atoms with E-state index < -0.39 is 66.9 Å². The number of aliphatic carboxylic acids is 2. The summed E-state index contributed by atoms with van der Waals surface area (Å²) in [5.74, 6) is -5.91. The predicted octanol–water partition coefficient (Wildman–Crippen LogP) is -2.70. The number of carboxylic acids is 2. The molecular weight excluding hydrogens is 408 g/mol. The second-order valence-electron chi connectivity index (χ2n) is 6.40. The molecule has 0 heterocycles. The number of nitrogens with two attached hydrogens (primary N) is 1. The maximum Gasteiger partial charge on any atom is 0.328 e. The molecule has 5 unspecified atom stereocenters. The first-order chi connectivity index (χ1) is 13.5. The Morgan fingerprint density at radius 3 is 1.93 bits per heavy atom. The lowest BCUT2D eigenvalue weighted by Crippen LogP contribution is -2.59. The Morgan fingerprint density at radius 1 is 0.966 bits per heavy atom. The van der Waals surface area contributed by atoms with Gasteiger partial charge in [-0.25, -0.2) is 4.79 Å². The highest BCUT2D eigenvalue weighted by atomic mass is 32.1. The van der Waals surface area contributed by atoms with Crippen LogP contribution in [0.5, 0.6) is 0 Å². The normalized spacial score (nSPS) is 15.9. The van der Waals surface area contributed by atoms with Crippen molar-refractivity contribution in [2.75, 3.05) is 12.4 Å². The van der Waals surface area contributed by atoms with Gasteiger partial charge in [-0.1, -0.05) is 20.3 Å². The molecular formula is C16H28N4O8S. The molecule has 0 rings (SSSR count). The van der Waals surface area contributed by atoms with E-state index in [2.05, 4.69) is 23.3 Å². The number of hydrogen-bond donors (Lipinski definition) is 8. The van der Waals surface area contributed by atoms with E-state index in [0.717, 1.165) is 0 Å². The van der Waals surface area contributed by atoms with Crippen LogP contribution >= 0.6 is 12.6 Å². The van der Waals surface area contributed by atoms with Gasteiger partial charge >= 0.3 is 11.9 Å². The van der Waals surface area contributed by atoms with Gasteiger partial charge in [-0.05, 0) is 5.92 Å². The zero-order chi connectivity index (χ0) is 22.7. The highest BCUT2D eigenvalue weighted by molar-refractivity contribution is 7.80. The molecule has 0 bridgehead atoms. The summed E-state index contributed by atoms with van der Waals surface area (Å²) in [6.07, 6.45) is -0.372. The largest absolute Gasteiger partial charge is 0.481 e. The fourth-order valence-electron chi connectivity index (χ4n) is 2.15. The molecule has 166 valence electrons. The Hall–Kier alpha value is -2.38. The standard InChI is InChI=1S/C16H28N4O8S/c1-3-7(2)12(20-13(24)8(17)6-29)15(26)18-9(4-11(22)23)14(25)19-10(5-21)16(27)28/h7-10,12,21,29H,3-6,17H2,1-2H3,(H,18,26)(H,19,25)(H,20,24)(H,22,23)(H,27,28). The number of aliphatic hydroxyl groups is 1. The van der Waals surface area contributed by atoms with Gasteiger partial charge in [0.15, 0.2) is 0 Å². The second-order valence-corrected chi connectivity index (χ2v) is 6.77. The van der Waals surface area contributed by atoms with E-state index in [1.807, 2.05) is 5.32 Å². The number of amides is 3. The Kier molecular flexibility index (Phi) is 11.9. The molecule has 3 amide bonds. The van der Waals surface area contributed by atoms with Gasteiger partial charge in [0.05, 0.1) is 19.1 Å². The van der Waals surface area contributed by atoms with Gasteiger partial charge in [-0.2, -0.15) is 12.6 Å². The molecule has 12 nitrogen and oxygen atoms in total. The van der Waals surface area contributed by atoms with Gasteiger partial charge in [-0.3, -0.25) is 19.2 Å². The predicted molar refractivity (Wildman–Crippen MR) is 104 cm³/mol. The zero-order valence-corrected chi connectivity index (χ0v) is 17.0. The van der Waals surface area contributed by atoms with E-state index >= 15 is 0 Å². The molecule has 13 heteroatoms. The van der Waals surface area contributed by atoms with E-state index in [9.17, 15) is 24.0 Å². The van der Waals surface area contributed by atoms with E-state index in [1.54, 1.807) is 13.8 Å². The molecule has 0 saturated heterocycles. The van der Waals surface area contributed by atoms with E-state index in [1.165, 1.54) is 0 Å². The summed E-state index contributed by atoms with van der Waals surface area (Å²) >= 11 is 3.91. The van der Waals surface area contributed by atoms with E-state index in [-0.39, 0.29) is 11.7 Å². The quantitative estimate of drug-likeness (QED) is 0.141. The van der Waals surface area contributed by atoms with Crippen LogP contribution in [0.1, 0.15) is 26.7 Å². The first-order valence-electron chi connectivity index (χ1n) is 8.81. The lowest BCUT2D eigenvalue weighted by molar-refractivity contribution is -0.144. The lowest BCUT2D eigenvalue weighted by atomic mass is 9.97. The summed E-state index contributed by atoms with van der Waals surface area (Å²) in [5.41, 5.74) is 5.58. The Bertz CT molecular complexity index is 618. The summed E-state index contributed by atoms with van der Waals surface area (Å²) in [5, 5.41) is 33.5. The summed E-state index contributed by atoms with van der Waals surface area (Å²) in [7, 11) is 0. The van der Waals surface area contributed by atoms with Crippen molar-refractivity contribution in [2.45, 2.75) is 50.9 Å². The van der Waals surface area contributed by atoms with Gasteiger partial charge in [0.25, 0.3) is 0 Å². The Labute approximate surface area is 173 Å². The van der Waals surface area contributed by atoms with Crippen LogP contribution in [-0.2, 0) is 24.0 Å². The van der Waals surface area contributed by atoms with Crippen LogP contribution in [0.15, 0.2) is 0 Å². The summed E-state index contributed by atoms with van der Waals surface area (Å²) in [6.45, 7) is 2.49. The number of thiol groups is 1. The van der Waals surface area contributed by atoms with Crippen LogP contribution in [0.3, 0.4) is 0 Å². The van der Waals surface area contributed by atoms with Crippen molar-refractivity contribution >= 4 is 42.3 Å². The summed E-state index contributed by atoms with van der Waals surface area (Å²) in [4.78, 5) is 58.9. The van der Waals surface area contributed by atoms with Crippen molar-refractivity contribution in [2.24, 2.45) is 11.7 Å². The maximum absolute atomic E-state index is 12.7. The highest BCUT2D eigenvalue weighted by Gasteiger charge is 2.33. The molecule has 29 heavy (non-hydrogen) atoms. The molecule has 0 aromatic rings. The van der Waals surface area contributed by atoms with Gasteiger partial charge in [0.1, 0.15) is 18.1 Å². The number of rotatable bonds is 13. The second kappa shape index (κ2) is 13.0. The SMILES string of the molecule is CCC(C)C(NC(=O)C(N)CS)C(=O)NC(CC(=O)O)C(=O)NC(CO)C(=O)O. The number of carbonyl (C=O) groups excluding carboxylic acids is 3. The summed E-state index contributed by atoms with van der Waals surface area (Å²) in [6, 6.07) is -5.39. The Morgan fingerprint density at radius 2 is 1.52 bits per heavy atom. The van der Waals surface area contributed by atoms with Crippen LogP contribution in [0.25, 0.3) is 0 Å². The molecule has 0 saturated carbocycles. The smallest absolute Gasteiger partial charge is 0.328 e. The molecule has 0 aromatic heterocycles. The molecule has 0 spiro atoms. The highest BCUT2D eigenvalue weighted by Crippen LogP contribution is 2.09. The third kappa shape index (κ3) is 9.11. The van der Waals surface area contributed by atoms with Crippen LogP contribution in [-0.4, -0.2) is 81.5 Å². The first kappa shape index (κ1) is 26.6. The van der Waals surface area contributed by atoms with Crippen molar-refractivity contribution in [3.8, 4) is 0 Å². The van der Waals surface area contributed by atoms with Crippen LogP contribution in [0, 0.1) is 5.92 Å². The maximum atomic E-state index is 12.7. The minimum Gasteiger partial charge on any atom is -0.481 e. The molecule has 5 atom stereocenters. The topological polar surface area (TPSA) is 208 Å². The first-order valence-corrected chi connectivity index (χ1v) is 9.44. The van der Waals surface area contributed by atoms with Crippen molar-refractivity contribution in [3.05, 3.63) is 0 Å². The molecule has 8 N–H and O–H groups in total. The number of aliphatic hydroxyl groups excluding tert-OH is 1. The van der Waals surface area contributed by atoms with Gasteiger partial charge < -0.3 is 37.0 Å². The molecule has 0 aliphatic rings. The lowest BCUT2D eigenvalue weighted by Gasteiger charge is -2.27. The average molecular weight is 436 g/mol.